The number of aromatic amines is 1. The molecule has 8 nitrogen and oxygen atoms in total. The summed E-state index contributed by atoms with van der Waals surface area (Å²) in [6.07, 6.45) is 1.13. The molecule has 2 aromatic carbocycles. The number of hydrogen-bond donors (Lipinski definition) is 1. The van der Waals surface area contributed by atoms with Gasteiger partial charge >= 0.3 is 17.6 Å². The van der Waals surface area contributed by atoms with Crippen molar-refractivity contribution in [3.05, 3.63) is 104 Å². The minimum atomic E-state index is -4.41. The summed E-state index contributed by atoms with van der Waals surface area (Å²) in [5.74, 6) is 0.494. The van der Waals surface area contributed by atoms with Crippen LogP contribution < -0.4 is 16.2 Å². The number of nitrogens with one attached hydrogen (secondary N) is 1. The zero-order valence-electron chi connectivity index (χ0n) is 18.8. The number of H-pyrrole nitrogens is 1. The van der Waals surface area contributed by atoms with Crippen LogP contribution in [0.15, 0.2) is 73.1 Å². The third-order valence-corrected chi connectivity index (χ3v) is 5.61. The molecule has 5 rings (SSSR count). The molecule has 0 atom stereocenters. The van der Waals surface area contributed by atoms with Crippen LogP contribution in [0, 0.1) is 6.92 Å². The van der Waals surface area contributed by atoms with Gasteiger partial charge in [0.05, 0.1) is 12.1 Å². The van der Waals surface area contributed by atoms with Gasteiger partial charge in [-0.15, -0.1) is 4.74 Å². The van der Waals surface area contributed by atoms with Crippen molar-refractivity contribution in [1.29, 1.82) is 0 Å². The fourth-order valence-corrected chi connectivity index (χ4v) is 3.73. The van der Waals surface area contributed by atoms with E-state index in [0.717, 1.165) is 33.6 Å². The molecular formula is C25H18F3N3O5. The predicted molar refractivity (Wildman–Crippen MR) is 123 cm³/mol. The van der Waals surface area contributed by atoms with Gasteiger partial charge in [0, 0.05) is 5.56 Å². The summed E-state index contributed by atoms with van der Waals surface area (Å²) in [5.41, 5.74) is 2.29. The second-order valence-electron chi connectivity index (χ2n) is 8.00. The first-order chi connectivity index (χ1) is 17.2. The Kier molecular flexibility index (Phi) is 5.75. The average Bonchev–Trinajstić information content (AvgIpc) is 3.51. The van der Waals surface area contributed by atoms with Gasteiger partial charge in [0.2, 0.25) is 5.89 Å². The molecule has 0 spiro atoms. The zero-order chi connectivity index (χ0) is 25.4. The first kappa shape index (κ1) is 23.2. The molecule has 0 radical (unpaired) electrons. The van der Waals surface area contributed by atoms with Crippen molar-refractivity contribution < 1.29 is 26.8 Å². The molecule has 0 unspecified atom stereocenters. The topological polar surface area (TPSA) is 103 Å². The Morgan fingerprint density at radius 1 is 1.11 bits per heavy atom. The van der Waals surface area contributed by atoms with E-state index in [1.807, 2.05) is 29.3 Å². The molecule has 11 heteroatoms. The highest BCUT2D eigenvalue weighted by Gasteiger charge is 2.30. The van der Waals surface area contributed by atoms with Crippen LogP contribution >= 0.6 is 0 Å². The molecule has 1 aliphatic rings. The molecule has 184 valence electrons. The molecule has 0 bridgehead atoms. The normalized spacial score (nSPS) is 13.9. The van der Waals surface area contributed by atoms with Crippen LogP contribution in [0.2, 0.25) is 0 Å². The number of fused-ring (bicyclic) bond motifs is 1. The first-order valence-electron chi connectivity index (χ1n) is 10.8. The van der Waals surface area contributed by atoms with E-state index < -0.39 is 23.2 Å². The molecule has 2 heterocycles. The number of ether oxygens (including phenoxy) is 1. The number of hydrogen-bond acceptors (Lipinski definition) is 6. The Morgan fingerprint density at radius 3 is 2.58 bits per heavy atom. The van der Waals surface area contributed by atoms with Gasteiger partial charge in [-0.3, -0.25) is 0 Å². The van der Waals surface area contributed by atoms with Crippen molar-refractivity contribution >= 4 is 11.6 Å². The summed E-state index contributed by atoms with van der Waals surface area (Å²) in [6, 6.07) is 10.1. The number of halogens is 3. The lowest BCUT2D eigenvalue weighted by molar-refractivity contribution is -0.137. The molecule has 36 heavy (non-hydrogen) atoms. The molecule has 0 saturated carbocycles. The van der Waals surface area contributed by atoms with Gasteiger partial charge in [0.15, 0.2) is 0 Å². The Bertz CT molecular complexity index is 1600. The van der Waals surface area contributed by atoms with Gasteiger partial charge in [-0.1, -0.05) is 24.3 Å². The Morgan fingerprint density at radius 2 is 1.89 bits per heavy atom. The van der Waals surface area contributed by atoms with Gasteiger partial charge in [-0.05, 0) is 60.0 Å². The Labute approximate surface area is 200 Å². The largest absolute Gasteiger partial charge is 0.487 e. The molecule has 1 N–H and O–H groups in total. The maximum atomic E-state index is 12.8. The average molecular weight is 497 g/mol. The number of benzene rings is 2. The molecule has 1 aliphatic carbocycles. The van der Waals surface area contributed by atoms with Gasteiger partial charge < -0.3 is 13.7 Å². The number of nitrogens with zero attached hydrogens (tertiary/aromatic N) is 2. The fourth-order valence-electron chi connectivity index (χ4n) is 3.73. The highest BCUT2D eigenvalue weighted by Crippen LogP contribution is 2.33. The van der Waals surface area contributed by atoms with Crippen LogP contribution in [-0.2, 0) is 19.3 Å². The van der Waals surface area contributed by atoms with Crippen molar-refractivity contribution in [1.82, 2.24) is 14.7 Å². The standard InChI is InChI=1S/C25H18F3N3O5/c1-14-21(29-22(35-14)16-4-6-18(7-5-16)25(26,27)28)13-34-19-8-9-20-15(2-3-17(20)12-19)10-11-31-23(32)30-24(33)36-31/h2-10,12H,11,13H2,1H3,(H,30,32,33)/b15-10+. The van der Waals surface area contributed by atoms with Crippen molar-refractivity contribution in [2.24, 2.45) is 0 Å². The highest BCUT2D eigenvalue weighted by atomic mass is 19.4. The van der Waals surface area contributed by atoms with E-state index in [1.54, 1.807) is 19.1 Å². The maximum Gasteiger partial charge on any atom is 0.440 e. The minimum absolute atomic E-state index is 0.0988. The van der Waals surface area contributed by atoms with E-state index in [2.05, 4.69) is 4.98 Å². The Balaban J connectivity index is 1.26. The Hall–Kier alpha value is -4.54. The zero-order valence-corrected chi connectivity index (χ0v) is 18.8. The maximum absolute atomic E-state index is 12.8. The number of aromatic nitrogens is 3. The SMILES string of the molecule is Cc1oc(-c2ccc(C(F)(F)F)cc2)nc1COc1ccc2c(c1)C=C/C2=C\Cn1oc(=O)[nH]c1=O. The van der Waals surface area contributed by atoms with Crippen LogP contribution in [-0.4, -0.2) is 14.7 Å². The van der Waals surface area contributed by atoms with Crippen LogP contribution in [0.5, 0.6) is 5.75 Å². The van der Waals surface area contributed by atoms with Crippen LogP contribution in [0.3, 0.4) is 0 Å². The van der Waals surface area contributed by atoms with Crippen LogP contribution in [0.4, 0.5) is 13.2 Å². The quantitative estimate of drug-likeness (QED) is 0.411. The van der Waals surface area contributed by atoms with Crippen molar-refractivity contribution in [2.75, 3.05) is 0 Å². The number of rotatable bonds is 6. The monoisotopic (exact) mass is 497 g/mol. The van der Waals surface area contributed by atoms with Gasteiger partial charge in [-0.25, -0.2) is 19.6 Å². The number of alkyl halides is 3. The lowest BCUT2D eigenvalue weighted by atomic mass is 10.1. The number of allylic oxidation sites excluding steroid dienone is 3. The van der Waals surface area contributed by atoms with E-state index in [9.17, 15) is 22.8 Å². The van der Waals surface area contributed by atoms with Crippen LogP contribution in [0.1, 0.15) is 28.1 Å². The predicted octanol–water partition coefficient (Wildman–Crippen LogP) is 4.80. The highest BCUT2D eigenvalue weighted by molar-refractivity contribution is 5.90. The van der Waals surface area contributed by atoms with Gasteiger partial charge in [0.1, 0.15) is 23.8 Å². The van der Waals surface area contributed by atoms with Crippen LogP contribution in [0.25, 0.3) is 23.1 Å². The summed E-state index contributed by atoms with van der Waals surface area (Å²) >= 11 is 0. The molecule has 0 saturated heterocycles. The minimum Gasteiger partial charge on any atom is -0.487 e. The summed E-state index contributed by atoms with van der Waals surface area (Å²) in [5, 5.41) is 0. The van der Waals surface area contributed by atoms with E-state index in [0.29, 0.717) is 22.8 Å². The first-order valence-corrected chi connectivity index (χ1v) is 10.8. The van der Waals surface area contributed by atoms with E-state index in [1.165, 1.54) is 12.1 Å². The lowest BCUT2D eigenvalue weighted by Crippen LogP contribution is -2.15. The smallest absolute Gasteiger partial charge is 0.440 e. The van der Waals surface area contributed by atoms with Crippen molar-refractivity contribution in [3.63, 3.8) is 0 Å². The number of oxazole rings is 1. The molecule has 0 amide bonds. The van der Waals surface area contributed by atoms with Crippen molar-refractivity contribution in [3.8, 4) is 17.2 Å². The molecule has 0 aliphatic heterocycles. The van der Waals surface area contributed by atoms with E-state index in [4.69, 9.17) is 13.7 Å². The van der Waals surface area contributed by atoms with Gasteiger partial charge in [-0.2, -0.15) is 13.2 Å². The van der Waals surface area contributed by atoms with Crippen molar-refractivity contribution in [2.45, 2.75) is 26.3 Å². The number of aryl methyl sites for hydroxylation is 1. The second kappa shape index (κ2) is 8.91. The lowest BCUT2D eigenvalue weighted by Gasteiger charge is -2.08. The third kappa shape index (κ3) is 4.67. The summed E-state index contributed by atoms with van der Waals surface area (Å²) in [7, 11) is 0. The molecule has 0 fully saturated rings. The van der Waals surface area contributed by atoms with Gasteiger partial charge in [0.25, 0.3) is 0 Å². The molecular weight excluding hydrogens is 479 g/mol. The molecule has 2 aromatic heterocycles. The third-order valence-electron chi connectivity index (χ3n) is 5.61. The summed E-state index contributed by atoms with van der Waals surface area (Å²) in [6.45, 7) is 1.91. The van der Waals surface area contributed by atoms with E-state index in [-0.39, 0.29) is 19.0 Å². The summed E-state index contributed by atoms with van der Waals surface area (Å²) in [4.78, 5) is 29.1. The fraction of sp³-hybridized carbons (Fsp3) is 0.160. The second-order valence-corrected chi connectivity index (χ2v) is 8.00. The van der Waals surface area contributed by atoms with E-state index >= 15 is 0 Å². The summed E-state index contributed by atoms with van der Waals surface area (Å²) < 4.78 is 55.6. The molecule has 4 aromatic rings.